The fourth-order valence-corrected chi connectivity index (χ4v) is 2.69. The van der Waals surface area contributed by atoms with Crippen molar-refractivity contribution in [1.82, 2.24) is 0 Å². The molecule has 0 atom stereocenters. The van der Waals surface area contributed by atoms with Crippen molar-refractivity contribution in [1.29, 1.82) is 0 Å². The van der Waals surface area contributed by atoms with Crippen LogP contribution in [-0.4, -0.2) is 23.6 Å². The summed E-state index contributed by atoms with van der Waals surface area (Å²) in [5.41, 5.74) is 2.79. The molecule has 102 valence electrons. The fraction of sp³-hybridized carbons (Fsp3) is 0.467. The van der Waals surface area contributed by atoms with E-state index in [2.05, 4.69) is 15.9 Å². The van der Waals surface area contributed by atoms with Crippen molar-refractivity contribution in [3.05, 3.63) is 29.3 Å². The number of amides is 1. The lowest BCUT2D eigenvalue weighted by molar-refractivity contribution is -0.119. The fourth-order valence-electron chi connectivity index (χ4n) is 2.37. The number of carbonyl (C=O) groups is 2. The van der Waals surface area contributed by atoms with Crippen LogP contribution in [0.25, 0.3) is 0 Å². The van der Waals surface area contributed by atoms with Crippen LogP contribution in [0.3, 0.4) is 0 Å². The molecule has 1 aromatic carbocycles. The number of hydrogen-bond donors (Lipinski definition) is 0. The molecule has 0 saturated heterocycles. The Morgan fingerprint density at radius 2 is 2.11 bits per heavy atom. The lowest BCUT2D eigenvalue weighted by Gasteiger charge is -2.18. The average molecular weight is 324 g/mol. The molecule has 1 heterocycles. The smallest absolute Gasteiger partial charge is 0.227 e. The zero-order valence-corrected chi connectivity index (χ0v) is 12.9. The molecule has 0 spiro atoms. The zero-order chi connectivity index (χ0) is 14.0. The van der Waals surface area contributed by atoms with Gasteiger partial charge in [0.2, 0.25) is 5.91 Å². The first-order valence-electron chi connectivity index (χ1n) is 6.55. The maximum Gasteiger partial charge on any atom is 0.227 e. The van der Waals surface area contributed by atoms with Gasteiger partial charge in [0.1, 0.15) is 0 Å². The molecule has 0 unspecified atom stereocenters. The minimum Gasteiger partial charge on any atom is -0.312 e. The summed E-state index contributed by atoms with van der Waals surface area (Å²) in [5, 5.41) is 0.335. The predicted octanol–water partition coefficient (Wildman–Crippen LogP) is 3.20. The van der Waals surface area contributed by atoms with Crippen molar-refractivity contribution >= 4 is 33.3 Å². The van der Waals surface area contributed by atoms with Gasteiger partial charge in [-0.3, -0.25) is 9.59 Å². The van der Waals surface area contributed by atoms with E-state index in [1.165, 1.54) is 0 Å². The molecule has 0 saturated carbocycles. The summed E-state index contributed by atoms with van der Waals surface area (Å²) in [7, 11) is 0. The number of hydrogen-bond acceptors (Lipinski definition) is 2. The van der Waals surface area contributed by atoms with Gasteiger partial charge in [0.15, 0.2) is 5.78 Å². The minimum atomic E-state index is 0.0785. The molecule has 1 aliphatic heterocycles. The number of alkyl halides is 1. The van der Waals surface area contributed by atoms with Crippen molar-refractivity contribution in [3.8, 4) is 0 Å². The molecule has 1 aromatic rings. The number of benzene rings is 1. The second kappa shape index (κ2) is 5.87. The molecule has 19 heavy (non-hydrogen) atoms. The van der Waals surface area contributed by atoms with Crippen molar-refractivity contribution < 1.29 is 9.59 Å². The molecule has 0 aliphatic carbocycles. The Balaban J connectivity index is 2.22. The van der Waals surface area contributed by atoms with Gasteiger partial charge in [0.25, 0.3) is 0 Å². The van der Waals surface area contributed by atoms with E-state index in [0.29, 0.717) is 23.2 Å². The summed E-state index contributed by atoms with van der Waals surface area (Å²) in [6, 6.07) is 5.63. The number of halogens is 1. The predicted molar refractivity (Wildman–Crippen MR) is 80.1 cm³/mol. The summed E-state index contributed by atoms with van der Waals surface area (Å²) in [5.74, 6) is 0.619. The first-order chi connectivity index (χ1) is 9.02. The highest BCUT2D eigenvalue weighted by Crippen LogP contribution is 2.30. The minimum absolute atomic E-state index is 0.0785. The second-order valence-corrected chi connectivity index (χ2v) is 5.85. The summed E-state index contributed by atoms with van der Waals surface area (Å²) in [6.45, 7) is 4.83. The lowest BCUT2D eigenvalue weighted by Crippen LogP contribution is -2.29. The molecular weight excluding hydrogens is 306 g/mol. The number of rotatable bonds is 4. The van der Waals surface area contributed by atoms with Gasteiger partial charge >= 0.3 is 0 Å². The van der Waals surface area contributed by atoms with Crippen LogP contribution in [0.1, 0.15) is 36.2 Å². The Bertz CT molecular complexity index is 511. The molecule has 0 fully saturated rings. The third-order valence-corrected chi connectivity index (χ3v) is 3.81. The zero-order valence-electron chi connectivity index (χ0n) is 11.3. The van der Waals surface area contributed by atoms with E-state index in [-0.39, 0.29) is 11.7 Å². The number of anilines is 1. The first-order valence-corrected chi connectivity index (χ1v) is 7.67. The molecule has 3 nitrogen and oxygen atoms in total. The second-order valence-electron chi connectivity index (χ2n) is 5.29. The molecule has 1 aliphatic rings. The van der Waals surface area contributed by atoms with Gasteiger partial charge in [-0.25, -0.2) is 0 Å². The van der Waals surface area contributed by atoms with Crippen LogP contribution in [0.5, 0.6) is 0 Å². The van der Waals surface area contributed by atoms with Crippen LogP contribution in [0.15, 0.2) is 18.2 Å². The normalized spacial score (nSPS) is 13.8. The van der Waals surface area contributed by atoms with Crippen LogP contribution < -0.4 is 4.90 Å². The summed E-state index contributed by atoms with van der Waals surface area (Å²) >= 11 is 3.18. The van der Waals surface area contributed by atoms with E-state index < -0.39 is 0 Å². The van der Waals surface area contributed by atoms with Crippen LogP contribution in [-0.2, 0) is 11.2 Å². The quantitative estimate of drug-likeness (QED) is 0.630. The third kappa shape index (κ3) is 3.06. The monoisotopic (exact) mass is 323 g/mol. The van der Waals surface area contributed by atoms with E-state index in [4.69, 9.17) is 0 Å². The van der Waals surface area contributed by atoms with Crippen LogP contribution in [0.2, 0.25) is 0 Å². The van der Waals surface area contributed by atoms with E-state index in [1.54, 1.807) is 0 Å². The van der Waals surface area contributed by atoms with Crippen LogP contribution in [0, 0.1) is 5.92 Å². The number of carbonyl (C=O) groups excluding carboxylic acids is 2. The van der Waals surface area contributed by atoms with Crippen molar-refractivity contribution in [3.63, 3.8) is 0 Å². The van der Waals surface area contributed by atoms with Gasteiger partial charge in [-0.1, -0.05) is 29.8 Å². The largest absolute Gasteiger partial charge is 0.312 e. The standard InChI is InChI=1S/C15H18BrNO2/c1-10(2)7-15(19)17-6-5-11-8-12(14(18)9-16)3-4-13(11)17/h3-4,8,10H,5-7,9H2,1-2H3. The van der Waals surface area contributed by atoms with Gasteiger partial charge in [-0.05, 0) is 36.1 Å². The van der Waals surface area contributed by atoms with Gasteiger partial charge in [-0.15, -0.1) is 0 Å². The van der Waals surface area contributed by atoms with E-state index in [9.17, 15) is 9.59 Å². The average Bonchev–Trinajstić information content (AvgIpc) is 2.79. The van der Waals surface area contributed by atoms with Gasteiger partial charge in [0.05, 0.1) is 5.33 Å². The highest BCUT2D eigenvalue weighted by molar-refractivity contribution is 9.09. The van der Waals surface area contributed by atoms with Crippen molar-refractivity contribution in [2.45, 2.75) is 26.7 Å². The number of Topliss-reactive ketones (excluding diaryl/α,β-unsaturated/α-hetero) is 1. The van der Waals surface area contributed by atoms with Crippen molar-refractivity contribution in [2.75, 3.05) is 16.8 Å². The Hall–Kier alpha value is -1.16. The third-order valence-electron chi connectivity index (χ3n) is 3.30. The molecule has 0 aromatic heterocycles. The van der Waals surface area contributed by atoms with E-state index in [0.717, 1.165) is 24.2 Å². The number of fused-ring (bicyclic) bond motifs is 1. The highest BCUT2D eigenvalue weighted by Gasteiger charge is 2.25. The van der Waals surface area contributed by atoms with Crippen LogP contribution in [0.4, 0.5) is 5.69 Å². The molecule has 2 rings (SSSR count). The number of ketones is 1. The van der Waals surface area contributed by atoms with Crippen LogP contribution >= 0.6 is 15.9 Å². The Labute approximate surface area is 122 Å². The van der Waals surface area contributed by atoms with E-state index in [1.807, 2.05) is 36.9 Å². The molecule has 4 heteroatoms. The Kier molecular flexibility index (Phi) is 4.40. The first kappa shape index (κ1) is 14.3. The van der Waals surface area contributed by atoms with Gasteiger partial charge in [0, 0.05) is 24.2 Å². The van der Waals surface area contributed by atoms with Gasteiger partial charge < -0.3 is 4.90 Å². The molecule has 0 radical (unpaired) electrons. The van der Waals surface area contributed by atoms with E-state index >= 15 is 0 Å². The Morgan fingerprint density at radius 3 is 2.74 bits per heavy atom. The summed E-state index contributed by atoms with van der Waals surface area (Å²) in [6.07, 6.45) is 1.41. The number of nitrogens with zero attached hydrogens (tertiary/aromatic N) is 1. The van der Waals surface area contributed by atoms with Gasteiger partial charge in [-0.2, -0.15) is 0 Å². The molecule has 0 N–H and O–H groups in total. The Morgan fingerprint density at radius 1 is 1.37 bits per heavy atom. The highest BCUT2D eigenvalue weighted by atomic mass is 79.9. The topological polar surface area (TPSA) is 37.4 Å². The molecule has 0 bridgehead atoms. The summed E-state index contributed by atoms with van der Waals surface area (Å²) < 4.78 is 0. The molecular formula is C15H18BrNO2. The maximum atomic E-state index is 12.1. The van der Waals surface area contributed by atoms with Crippen molar-refractivity contribution in [2.24, 2.45) is 5.92 Å². The SMILES string of the molecule is CC(C)CC(=O)N1CCc2cc(C(=O)CBr)ccc21. The summed E-state index contributed by atoms with van der Waals surface area (Å²) in [4.78, 5) is 25.6. The molecule has 1 amide bonds. The maximum absolute atomic E-state index is 12.1. The lowest BCUT2D eigenvalue weighted by atomic mass is 10.1.